The third-order valence-corrected chi connectivity index (χ3v) is 6.56. The summed E-state index contributed by atoms with van der Waals surface area (Å²) in [6, 6.07) is 5.41. The van der Waals surface area contributed by atoms with Crippen molar-refractivity contribution in [3.63, 3.8) is 0 Å². The van der Waals surface area contributed by atoms with E-state index in [1.165, 1.54) is 10.6 Å². The Labute approximate surface area is 159 Å². The van der Waals surface area contributed by atoms with Crippen LogP contribution in [0.25, 0.3) is 11.0 Å². The van der Waals surface area contributed by atoms with Gasteiger partial charge in [-0.05, 0) is 28.1 Å². The molecule has 0 atom stereocenters. The standard InChI is InChI=1S/C16H16BrN5O3S/c17-12-9-14-16(19-10-12)15(1-3-18-14)21-4-6-22(7-5-21)26(23,24)11-13-2-8-25-20-13/h1-3,8-10H,4-7,11H2. The molecule has 0 N–H and O–H groups in total. The average Bonchev–Trinajstić information content (AvgIpc) is 3.13. The van der Waals surface area contributed by atoms with Crippen molar-refractivity contribution in [2.75, 3.05) is 31.1 Å². The topological polar surface area (TPSA) is 92.4 Å². The Morgan fingerprint density at radius 3 is 2.69 bits per heavy atom. The highest BCUT2D eigenvalue weighted by molar-refractivity contribution is 9.10. The Bertz CT molecular complexity index is 1020. The number of rotatable bonds is 4. The summed E-state index contributed by atoms with van der Waals surface area (Å²) in [5.41, 5.74) is 3.01. The zero-order chi connectivity index (χ0) is 18.1. The lowest BCUT2D eigenvalue weighted by Gasteiger charge is -2.35. The summed E-state index contributed by atoms with van der Waals surface area (Å²) < 4.78 is 32.2. The van der Waals surface area contributed by atoms with Gasteiger partial charge in [-0.1, -0.05) is 5.16 Å². The molecule has 0 aromatic carbocycles. The molecule has 3 aromatic rings. The number of hydrogen-bond donors (Lipinski definition) is 0. The fourth-order valence-corrected chi connectivity index (χ4v) is 4.79. The van der Waals surface area contributed by atoms with Crippen LogP contribution in [0.1, 0.15) is 5.69 Å². The van der Waals surface area contributed by atoms with Crippen LogP contribution in [-0.4, -0.2) is 54.0 Å². The number of sulfonamides is 1. The molecule has 26 heavy (non-hydrogen) atoms. The number of fused-ring (bicyclic) bond motifs is 1. The fraction of sp³-hybridized carbons (Fsp3) is 0.312. The van der Waals surface area contributed by atoms with E-state index in [0.717, 1.165) is 21.2 Å². The first-order chi connectivity index (χ1) is 12.5. The number of anilines is 1. The lowest BCUT2D eigenvalue weighted by molar-refractivity contribution is 0.382. The number of piperazine rings is 1. The first kappa shape index (κ1) is 17.4. The molecule has 1 saturated heterocycles. The molecule has 0 radical (unpaired) electrons. The Morgan fingerprint density at radius 1 is 1.15 bits per heavy atom. The van der Waals surface area contributed by atoms with E-state index in [9.17, 15) is 8.42 Å². The molecule has 4 rings (SSSR count). The number of pyridine rings is 2. The van der Waals surface area contributed by atoms with Crippen LogP contribution >= 0.6 is 15.9 Å². The van der Waals surface area contributed by atoms with Gasteiger partial charge in [0.05, 0.1) is 16.9 Å². The first-order valence-corrected chi connectivity index (χ1v) is 10.5. The molecule has 0 amide bonds. The molecule has 0 spiro atoms. The molecule has 1 aliphatic heterocycles. The zero-order valence-electron chi connectivity index (χ0n) is 13.7. The summed E-state index contributed by atoms with van der Waals surface area (Å²) in [6.45, 7) is 2.02. The maximum atomic E-state index is 12.5. The molecule has 136 valence electrons. The van der Waals surface area contributed by atoms with E-state index in [1.54, 1.807) is 18.5 Å². The van der Waals surface area contributed by atoms with Gasteiger partial charge in [-0.25, -0.2) is 8.42 Å². The predicted octanol–water partition coefficient (Wildman–Crippen LogP) is 2.03. The molecule has 0 bridgehead atoms. The van der Waals surface area contributed by atoms with Crippen molar-refractivity contribution in [3.8, 4) is 0 Å². The maximum Gasteiger partial charge on any atom is 0.220 e. The van der Waals surface area contributed by atoms with Crippen LogP contribution in [-0.2, 0) is 15.8 Å². The third kappa shape index (κ3) is 3.44. The first-order valence-electron chi connectivity index (χ1n) is 8.05. The van der Waals surface area contributed by atoms with Crippen molar-refractivity contribution >= 4 is 42.7 Å². The van der Waals surface area contributed by atoms with Crippen LogP contribution in [0.4, 0.5) is 5.69 Å². The number of hydrogen-bond acceptors (Lipinski definition) is 7. The van der Waals surface area contributed by atoms with Gasteiger partial charge in [0.1, 0.15) is 17.5 Å². The summed E-state index contributed by atoms with van der Waals surface area (Å²) in [4.78, 5) is 11.0. The smallest absolute Gasteiger partial charge is 0.220 e. The van der Waals surface area contributed by atoms with Crippen molar-refractivity contribution in [3.05, 3.63) is 47.0 Å². The van der Waals surface area contributed by atoms with E-state index < -0.39 is 10.0 Å². The lowest BCUT2D eigenvalue weighted by Crippen LogP contribution is -2.49. The summed E-state index contributed by atoms with van der Waals surface area (Å²) in [5.74, 6) is -0.142. The van der Waals surface area contributed by atoms with Crippen LogP contribution in [0.15, 0.2) is 45.9 Å². The molecule has 0 saturated carbocycles. The highest BCUT2D eigenvalue weighted by Gasteiger charge is 2.28. The van der Waals surface area contributed by atoms with E-state index in [4.69, 9.17) is 4.52 Å². The quantitative estimate of drug-likeness (QED) is 0.616. The van der Waals surface area contributed by atoms with Crippen LogP contribution in [0.5, 0.6) is 0 Å². The molecule has 3 aromatic heterocycles. The molecule has 0 unspecified atom stereocenters. The SMILES string of the molecule is O=S(=O)(Cc1ccon1)N1CCN(c2ccnc3cc(Br)cnc23)CC1. The maximum absolute atomic E-state index is 12.5. The molecule has 8 nitrogen and oxygen atoms in total. The molecule has 1 fully saturated rings. The van der Waals surface area contributed by atoms with Gasteiger partial charge in [0.2, 0.25) is 10.0 Å². The fourth-order valence-electron chi connectivity index (χ4n) is 3.04. The van der Waals surface area contributed by atoms with Crippen LogP contribution < -0.4 is 4.90 Å². The Hall–Kier alpha value is -2.04. The zero-order valence-corrected chi connectivity index (χ0v) is 16.1. The van der Waals surface area contributed by atoms with E-state index >= 15 is 0 Å². The van der Waals surface area contributed by atoms with Gasteiger partial charge in [0.15, 0.2) is 0 Å². The second-order valence-corrected chi connectivity index (χ2v) is 8.87. The molecule has 4 heterocycles. The number of halogens is 1. The van der Waals surface area contributed by atoms with Gasteiger partial charge < -0.3 is 9.42 Å². The predicted molar refractivity (Wildman–Crippen MR) is 100 cm³/mol. The lowest BCUT2D eigenvalue weighted by atomic mass is 10.2. The summed E-state index contributed by atoms with van der Waals surface area (Å²) in [7, 11) is -3.41. The number of aromatic nitrogens is 3. The second kappa shape index (κ2) is 6.93. The molecule has 10 heteroatoms. The second-order valence-electron chi connectivity index (χ2n) is 5.98. The monoisotopic (exact) mass is 437 g/mol. The minimum Gasteiger partial charge on any atom is -0.367 e. The van der Waals surface area contributed by atoms with Gasteiger partial charge in [-0.3, -0.25) is 9.97 Å². The summed E-state index contributed by atoms with van der Waals surface area (Å²) >= 11 is 3.41. The van der Waals surface area contributed by atoms with Gasteiger partial charge in [-0.2, -0.15) is 4.31 Å². The third-order valence-electron chi connectivity index (χ3n) is 4.32. The average molecular weight is 438 g/mol. The van der Waals surface area contributed by atoms with E-state index in [2.05, 4.69) is 36.0 Å². The Morgan fingerprint density at radius 2 is 1.96 bits per heavy atom. The molecular formula is C16H16BrN5O3S. The van der Waals surface area contributed by atoms with E-state index in [1.807, 2.05) is 12.1 Å². The Balaban J connectivity index is 1.50. The van der Waals surface area contributed by atoms with E-state index in [-0.39, 0.29) is 5.75 Å². The van der Waals surface area contributed by atoms with Gasteiger partial charge in [0, 0.05) is 49.1 Å². The van der Waals surface area contributed by atoms with Gasteiger partial charge in [-0.15, -0.1) is 0 Å². The normalized spacial score (nSPS) is 16.3. The molecular weight excluding hydrogens is 422 g/mol. The molecule has 0 aliphatic carbocycles. The van der Waals surface area contributed by atoms with Crippen LogP contribution in [0.3, 0.4) is 0 Å². The van der Waals surface area contributed by atoms with Crippen molar-refractivity contribution in [1.29, 1.82) is 0 Å². The highest BCUT2D eigenvalue weighted by atomic mass is 79.9. The van der Waals surface area contributed by atoms with Gasteiger partial charge in [0.25, 0.3) is 0 Å². The van der Waals surface area contributed by atoms with E-state index in [0.29, 0.717) is 31.9 Å². The van der Waals surface area contributed by atoms with Crippen molar-refractivity contribution in [2.24, 2.45) is 0 Å². The van der Waals surface area contributed by atoms with Gasteiger partial charge >= 0.3 is 0 Å². The summed E-state index contributed by atoms with van der Waals surface area (Å²) in [6.07, 6.45) is 4.87. The minimum absolute atomic E-state index is 0.142. The Kier molecular flexibility index (Phi) is 4.63. The van der Waals surface area contributed by atoms with Crippen molar-refractivity contribution in [1.82, 2.24) is 19.4 Å². The van der Waals surface area contributed by atoms with Crippen LogP contribution in [0.2, 0.25) is 0 Å². The highest BCUT2D eigenvalue weighted by Crippen LogP contribution is 2.26. The summed E-state index contributed by atoms with van der Waals surface area (Å²) in [5, 5.41) is 3.69. The largest absolute Gasteiger partial charge is 0.367 e. The van der Waals surface area contributed by atoms with Crippen molar-refractivity contribution in [2.45, 2.75) is 5.75 Å². The molecule has 1 aliphatic rings. The van der Waals surface area contributed by atoms with Crippen molar-refractivity contribution < 1.29 is 12.9 Å². The van der Waals surface area contributed by atoms with Crippen LogP contribution in [0, 0.1) is 0 Å². The number of nitrogens with zero attached hydrogens (tertiary/aromatic N) is 5. The minimum atomic E-state index is -3.41.